The molecular formula is C14H17ClN2O. The van der Waals surface area contributed by atoms with Crippen LogP contribution in [0.5, 0.6) is 5.75 Å². The first-order chi connectivity index (χ1) is 8.67. The van der Waals surface area contributed by atoms with Gasteiger partial charge in [-0.15, -0.1) is 0 Å². The summed E-state index contributed by atoms with van der Waals surface area (Å²) in [4.78, 5) is 4.51. The summed E-state index contributed by atoms with van der Waals surface area (Å²) in [5.41, 5.74) is 8.51. The minimum absolute atomic E-state index is 0.649. The lowest BCUT2D eigenvalue weighted by Crippen LogP contribution is -2.03. The summed E-state index contributed by atoms with van der Waals surface area (Å²) in [6.07, 6.45) is 1.75. The number of halogens is 1. The number of rotatable bonds is 4. The van der Waals surface area contributed by atoms with Crippen LogP contribution in [0.1, 0.15) is 17.7 Å². The molecule has 0 saturated heterocycles. The Balaban J connectivity index is 2.67. The highest BCUT2D eigenvalue weighted by atomic mass is 35.5. The minimum atomic E-state index is 0.649. The van der Waals surface area contributed by atoms with Crippen molar-refractivity contribution in [1.82, 2.24) is 4.98 Å². The number of nitrogens with zero attached hydrogens (tertiary/aromatic N) is 1. The molecule has 0 atom stereocenters. The Morgan fingerprint density at radius 1 is 1.39 bits per heavy atom. The second-order valence-electron chi connectivity index (χ2n) is 4.28. The SMILES string of the molecule is COc1ccc2nc(C)cc(Cl)c2c1CCCN. The molecule has 0 aliphatic heterocycles. The van der Waals surface area contributed by atoms with Crippen molar-refractivity contribution in [2.24, 2.45) is 5.73 Å². The zero-order valence-electron chi connectivity index (χ0n) is 10.7. The normalized spacial score (nSPS) is 10.9. The van der Waals surface area contributed by atoms with Gasteiger partial charge >= 0.3 is 0 Å². The van der Waals surface area contributed by atoms with Crippen molar-refractivity contribution >= 4 is 22.5 Å². The van der Waals surface area contributed by atoms with E-state index in [1.54, 1.807) is 7.11 Å². The van der Waals surface area contributed by atoms with Gasteiger partial charge in [0.2, 0.25) is 0 Å². The van der Waals surface area contributed by atoms with E-state index >= 15 is 0 Å². The molecule has 1 heterocycles. The maximum atomic E-state index is 6.35. The van der Waals surface area contributed by atoms with Gasteiger partial charge in [0.05, 0.1) is 17.6 Å². The molecule has 96 valence electrons. The van der Waals surface area contributed by atoms with Crippen molar-refractivity contribution in [2.75, 3.05) is 13.7 Å². The number of nitrogens with two attached hydrogens (primary N) is 1. The molecule has 0 spiro atoms. The van der Waals surface area contributed by atoms with Gasteiger partial charge in [-0.05, 0) is 44.5 Å². The fraction of sp³-hybridized carbons (Fsp3) is 0.357. The van der Waals surface area contributed by atoms with E-state index in [1.165, 1.54) is 0 Å². The van der Waals surface area contributed by atoms with Crippen molar-refractivity contribution in [3.8, 4) is 5.75 Å². The van der Waals surface area contributed by atoms with Crippen LogP contribution in [0.2, 0.25) is 5.02 Å². The molecule has 18 heavy (non-hydrogen) atoms. The van der Waals surface area contributed by atoms with E-state index in [-0.39, 0.29) is 0 Å². The van der Waals surface area contributed by atoms with E-state index in [0.717, 1.165) is 45.8 Å². The molecule has 2 N–H and O–H groups in total. The van der Waals surface area contributed by atoms with E-state index in [9.17, 15) is 0 Å². The van der Waals surface area contributed by atoms with Crippen LogP contribution >= 0.6 is 11.6 Å². The Morgan fingerprint density at radius 2 is 2.17 bits per heavy atom. The van der Waals surface area contributed by atoms with Gasteiger partial charge in [-0.3, -0.25) is 4.98 Å². The number of hydrogen-bond acceptors (Lipinski definition) is 3. The second kappa shape index (κ2) is 5.55. The molecule has 0 aliphatic rings. The third-order valence-electron chi connectivity index (χ3n) is 2.97. The third-order valence-corrected chi connectivity index (χ3v) is 3.27. The average molecular weight is 265 g/mol. The van der Waals surface area contributed by atoms with Gasteiger partial charge in [-0.2, -0.15) is 0 Å². The van der Waals surface area contributed by atoms with E-state index in [2.05, 4.69) is 4.98 Å². The van der Waals surface area contributed by atoms with Crippen LogP contribution in [0.15, 0.2) is 18.2 Å². The number of fused-ring (bicyclic) bond motifs is 1. The summed E-state index contributed by atoms with van der Waals surface area (Å²) >= 11 is 6.35. The van der Waals surface area contributed by atoms with Crippen molar-refractivity contribution in [3.63, 3.8) is 0 Å². The lowest BCUT2D eigenvalue weighted by atomic mass is 10.0. The topological polar surface area (TPSA) is 48.1 Å². The molecule has 2 rings (SSSR count). The largest absolute Gasteiger partial charge is 0.496 e. The first kappa shape index (κ1) is 13.1. The highest BCUT2D eigenvalue weighted by Crippen LogP contribution is 2.33. The molecule has 0 fully saturated rings. The molecule has 0 radical (unpaired) electrons. The predicted octanol–water partition coefficient (Wildman–Crippen LogP) is 3.10. The molecule has 0 unspecified atom stereocenters. The highest BCUT2D eigenvalue weighted by Gasteiger charge is 2.12. The number of benzene rings is 1. The Kier molecular flexibility index (Phi) is 4.04. The lowest BCUT2D eigenvalue weighted by molar-refractivity contribution is 0.410. The van der Waals surface area contributed by atoms with E-state index in [4.69, 9.17) is 22.1 Å². The summed E-state index contributed by atoms with van der Waals surface area (Å²) in [6, 6.07) is 5.77. The smallest absolute Gasteiger partial charge is 0.122 e. The first-order valence-corrected chi connectivity index (χ1v) is 6.38. The Labute approximate surface area is 112 Å². The van der Waals surface area contributed by atoms with Crippen molar-refractivity contribution in [2.45, 2.75) is 19.8 Å². The van der Waals surface area contributed by atoms with Crippen LogP contribution in [0.25, 0.3) is 10.9 Å². The second-order valence-corrected chi connectivity index (χ2v) is 4.69. The van der Waals surface area contributed by atoms with Crippen LogP contribution in [-0.2, 0) is 6.42 Å². The van der Waals surface area contributed by atoms with Crippen LogP contribution in [0.4, 0.5) is 0 Å². The van der Waals surface area contributed by atoms with Gasteiger partial charge in [0.15, 0.2) is 0 Å². The third kappa shape index (κ3) is 2.42. The molecule has 0 bridgehead atoms. The Hall–Kier alpha value is -1.32. The maximum absolute atomic E-state index is 6.35. The van der Waals surface area contributed by atoms with Gasteiger partial charge in [0.25, 0.3) is 0 Å². The summed E-state index contributed by atoms with van der Waals surface area (Å²) in [5.74, 6) is 0.850. The lowest BCUT2D eigenvalue weighted by Gasteiger charge is -2.13. The minimum Gasteiger partial charge on any atom is -0.496 e. The summed E-state index contributed by atoms with van der Waals surface area (Å²) in [5, 5.41) is 1.71. The maximum Gasteiger partial charge on any atom is 0.122 e. The molecule has 0 saturated carbocycles. The molecule has 0 aliphatic carbocycles. The fourth-order valence-corrected chi connectivity index (χ4v) is 2.54. The van der Waals surface area contributed by atoms with Crippen LogP contribution < -0.4 is 10.5 Å². The van der Waals surface area contributed by atoms with Gasteiger partial charge in [-0.1, -0.05) is 11.6 Å². The molecule has 1 aromatic heterocycles. The standard InChI is InChI=1S/C14H17ClN2O/c1-9-8-11(15)14-10(4-3-7-16)13(18-2)6-5-12(14)17-9/h5-6,8H,3-4,7,16H2,1-2H3. The number of aryl methyl sites for hydroxylation is 2. The number of pyridine rings is 1. The molecule has 4 heteroatoms. The molecule has 1 aromatic carbocycles. The number of ether oxygens (including phenoxy) is 1. The van der Waals surface area contributed by atoms with Crippen molar-refractivity contribution in [1.29, 1.82) is 0 Å². The summed E-state index contributed by atoms with van der Waals surface area (Å²) in [6.45, 7) is 2.59. The molecule has 2 aromatic rings. The fourth-order valence-electron chi connectivity index (χ4n) is 2.17. The van der Waals surface area contributed by atoms with Crippen LogP contribution in [0, 0.1) is 6.92 Å². The van der Waals surface area contributed by atoms with E-state index in [0.29, 0.717) is 6.54 Å². The van der Waals surface area contributed by atoms with Crippen LogP contribution in [0.3, 0.4) is 0 Å². The molecule has 3 nitrogen and oxygen atoms in total. The highest BCUT2D eigenvalue weighted by molar-refractivity contribution is 6.35. The average Bonchev–Trinajstić information content (AvgIpc) is 2.35. The Bertz CT molecular complexity index is 569. The van der Waals surface area contributed by atoms with Crippen LogP contribution in [-0.4, -0.2) is 18.6 Å². The van der Waals surface area contributed by atoms with Gasteiger partial charge in [0, 0.05) is 16.6 Å². The van der Waals surface area contributed by atoms with Gasteiger partial charge < -0.3 is 10.5 Å². The quantitative estimate of drug-likeness (QED) is 0.923. The Morgan fingerprint density at radius 3 is 2.83 bits per heavy atom. The number of methoxy groups -OCH3 is 1. The van der Waals surface area contributed by atoms with Crippen molar-refractivity contribution in [3.05, 3.63) is 34.5 Å². The van der Waals surface area contributed by atoms with E-state index < -0.39 is 0 Å². The zero-order chi connectivity index (χ0) is 13.1. The summed E-state index contributed by atoms with van der Waals surface area (Å²) < 4.78 is 5.41. The van der Waals surface area contributed by atoms with Gasteiger partial charge in [-0.25, -0.2) is 0 Å². The zero-order valence-corrected chi connectivity index (χ0v) is 11.4. The molecular weight excluding hydrogens is 248 g/mol. The predicted molar refractivity (Wildman–Crippen MR) is 75.4 cm³/mol. The summed E-state index contributed by atoms with van der Waals surface area (Å²) in [7, 11) is 1.67. The number of aromatic nitrogens is 1. The van der Waals surface area contributed by atoms with E-state index in [1.807, 2.05) is 25.1 Å². The number of hydrogen-bond donors (Lipinski definition) is 1. The van der Waals surface area contributed by atoms with Crippen molar-refractivity contribution < 1.29 is 4.74 Å². The first-order valence-electron chi connectivity index (χ1n) is 6.00. The molecule has 0 amide bonds. The van der Waals surface area contributed by atoms with Gasteiger partial charge in [0.1, 0.15) is 5.75 Å². The monoisotopic (exact) mass is 264 g/mol.